The minimum absolute atomic E-state index is 0.00644. The first-order valence-electron chi connectivity index (χ1n) is 12.7. The molecule has 2 amide bonds. The summed E-state index contributed by atoms with van der Waals surface area (Å²) in [7, 11) is 3.38. The smallest absolute Gasteiger partial charge is 0.304 e. The monoisotopic (exact) mass is 552 g/mol. The molecule has 0 saturated heterocycles. The predicted molar refractivity (Wildman–Crippen MR) is 149 cm³/mol. The number of likely N-dealkylation sites (N-methyl/N-ethyl adjacent to an activating group) is 1. The van der Waals surface area contributed by atoms with E-state index >= 15 is 0 Å². The number of hydrogen-bond acceptors (Lipinski definition) is 6. The molecule has 0 spiro atoms. The van der Waals surface area contributed by atoms with Gasteiger partial charge >= 0.3 is 5.97 Å². The van der Waals surface area contributed by atoms with E-state index in [9.17, 15) is 19.5 Å². The van der Waals surface area contributed by atoms with Gasteiger partial charge in [0.1, 0.15) is 5.82 Å². The number of thiazole rings is 1. The van der Waals surface area contributed by atoms with Crippen molar-refractivity contribution in [3.05, 3.63) is 46.4 Å². The number of halogens is 1. The first-order valence-corrected chi connectivity index (χ1v) is 14.0. The normalized spacial score (nSPS) is 16.1. The summed E-state index contributed by atoms with van der Waals surface area (Å²) in [6.07, 6.45) is 6.83. The Labute approximate surface area is 230 Å². The third-order valence-corrected chi connectivity index (χ3v) is 8.67. The molecule has 2 aromatic heterocycles. The van der Waals surface area contributed by atoms with Crippen molar-refractivity contribution in [2.75, 3.05) is 23.9 Å². The molecule has 8 nitrogen and oxygen atoms in total. The number of carboxylic acids is 1. The molecular weight excluding hydrogens is 524 g/mol. The molecule has 1 aliphatic carbocycles. The van der Waals surface area contributed by atoms with Gasteiger partial charge in [0.05, 0.1) is 18.5 Å². The van der Waals surface area contributed by atoms with Crippen LogP contribution in [0, 0.1) is 11.8 Å². The van der Waals surface area contributed by atoms with Gasteiger partial charge in [-0.1, -0.05) is 43.4 Å². The van der Waals surface area contributed by atoms with Crippen molar-refractivity contribution < 1.29 is 19.5 Å². The van der Waals surface area contributed by atoms with Crippen LogP contribution in [0.2, 0.25) is 5.02 Å². The molecule has 0 radical (unpaired) electrons. The fraction of sp³-hybridized carbons (Fsp3) is 0.393. The summed E-state index contributed by atoms with van der Waals surface area (Å²) in [6, 6.07) is 7.50. The molecule has 1 aliphatic heterocycles. The Morgan fingerprint density at radius 1 is 1.24 bits per heavy atom. The van der Waals surface area contributed by atoms with Crippen molar-refractivity contribution in [2.24, 2.45) is 11.8 Å². The van der Waals surface area contributed by atoms with Crippen LogP contribution in [-0.4, -0.2) is 47.0 Å². The van der Waals surface area contributed by atoms with E-state index in [2.05, 4.69) is 4.98 Å². The molecule has 1 atom stereocenters. The van der Waals surface area contributed by atoms with Gasteiger partial charge in [0.15, 0.2) is 5.13 Å². The molecule has 3 heterocycles. The number of aromatic nitrogens is 2. The molecule has 10 heteroatoms. The molecule has 38 heavy (non-hydrogen) atoms. The van der Waals surface area contributed by atoms with E-state index < -0.39 is 11.9 Å². The number of pyridine rings is 1. The van der Waals surface area contributed by atoms with Crippen LogP contribution in [0.3, 0.4) is 0 Å². The van der Waals surface area contributed by atoms with E-state index in [0.717, 1.165) is 47.9 Å². The Morgan fingerprint density at radius 3 is 2.74 bits per heavy atom. The van der Waals surface area contributed by atoms with Gasteiger partial charge in [0, 0.05) is 53.3 Å². The molecule has 1 unspecified atom stereocenters. The second kappa shape index (κ2) is 10.8. The number of anilines is 2. The zero-order valence-corrected chi connectivity index (χ0v) is 22.9. The molecule has 1 N–H and O–H groups in total. The van der Waals surface area contributed by atoms with E-state index in [1.807, 2.05) is 23.6 Å². The number of carbonyl (C=O) groups is 3. The fourth-order valence-corrected chi connectivity index (χ4v) is 6.47. The van der Waals surface area contributed by atoms with Crippen molar-refractivity contribution in [3.63, 3.8) is 0 Å². The van der Waals surface area contributed by atoms with Crippen LogP contribution < -0.4 is 9.80 Å². The first kappa shape index (κ1) is 26.3. The topological polar surface area (TPSA) is 104 Å². The number of aliphatic carboxylic acids is 1. The lowest BCUT2D eigenvalue weighted by molar-refractivity contribution is -0.140. The van der Waals surface area contributed by atoms with Gasteiger partial charge in [-0.15, -0.1) is 11.3 Å². The highest BCUT2D eigenvalue weighted by Gasteiger charge is 2.31. The molecule has 0 bridgehead atoms. The lowest BCUT2D eigenvalue weighted by Crippen LogP contribution is -2.35. The summed E-state index contributed by atoms with van der Waals surface area (Å²) in [5.74, 6) is -0.690. The third kappa shape index (κ3) is 5.31. The lowest BCUT2D eigenvalue weighted by atomic mass is 9.90. The predicted octanol–water partition coefficient (Wildman–Crippen LogP) is 5.68. The average Bonchev–Trinajstić information content (AvgIpc) is 3.64. The van der Waals surface area contributed by atoms with Gasteiger partial charge in [0.25, 0.3) is 0 Å². The molecule has 2 aliphatic rings. The van der Waals surface area contributed by atoms with Crippen molar-refractivity contribution >= 4 is 51.7 Å². The number of carbonyl (C=O) groups excluding carboxylic acids is 2. The van der Waals surface area contributed by atoms with Gasteiger partial charge in [-0.25, -0.2) is 9.97 Å². The van der Waals surface area contributed by atoms with E-state index in [0.29, 0.717) is 40.4 Å². The number of fused-ring (bicyclic) bond motifs is 1. The van der Waals surface area contributed by atoms with Crippen LogP contribution in [0.4, 0.5) is 10.9 Å². The highest BCUT2D eigenvalue weighted by molar-refractivity contribution is 7.14. The summed E-state index contributed by atoms with van der Waals surface area (Å²) in [5, 5.41) is 12.4. The van der Waals surface area contributed by atoms with Crippen LogP contribution in [0.5, 0.6) is 0 Å². The van der Waals surface area contributed by atoms with Crippen LogP contribution in [0.15, 0.2) is 35.8 Å². The minimum Gasteiger partial charge on any atom is -0.481 e. The van der Waals surface area contributed by atoms with E-state index in [-0.39, 0.29) is 18.2 Å². The van der Waals surface area contributed by atoms with Crippen molar-refractivity contribution in [2.45, 2.75) is 44.9 Å². The third-order valence-electron chi connectivity index (χ3n) is 7.52. The van der Waals surface area contributed by atoms with Gasteiger partial charge in [-0.2, -0.15) is 0 Å². The highest BCUT2D eigenvalue weighted by atomic mass is 35.5. The zero-order chi connectivity index (χ0) is 27.0. The number of carboxylic acid groups (broad SMARTS) is 1. The minimum atomic E-state index is -0.964. The fourth-order valence-electron chi connectivity index (χ4n) is 5.50. The molecule has 1 aromatic carbocycles. The Morgan fingerprint density at radius 2 is 2.00 bits per heavy atom. The Balaban J connectivity index is 1.42. The van der Waals surface area contributed by atoms with E-state index in [1.54, 1.807) is 31.3 Å². The second-order valence-corrected chi connectivity index (χ2v) is 11.4. The first-order chi connectivity index (χ1) is 18.2. The SMILES string of the molecule is CN(C(=O)C(CC(=O)O)CC1CCCC1)c1nc(-c2cc(Cl)ccc2-c2cnc3c(c2)CC(=O)N3C)cs1. The number of rotatable bonds is 8. The molecular formula is C28H29ClN4O4S. The summed E-state index contributed by atoms with van der Waals surface area (Å²) in [5.41, 5.74) is 4.01. The zero-order valence-electron chi connectivity index (χ0n) is 21.3. The van der Waals surface area contributed by atoms with Gasteiger partial charge in [-0.3, -0.25) is 24.2 Å². The average molecular weight is 553 g/mol. The maximum Gasteiger partial charge on any atom is 0.304 e. The summed E-state index contributed by atoms with van der Waals surface area (Å²) < 4.78 is 0. The van der Waals surface area contributed by atoms with Crippen molar-refractivity contribution in [1.82, 2.24) is 9.97 Å². The Kier molecular flexibility index (Phi) is 7.49. The summed E-state index contributed by atoms with van der Waals surface area (Å²) >= 11 is 7.69. The lowest BCUT2D eigenvalue weighted by Gasteiger charge is -2.23. The number of benzene rings is 1. The largest absolute Gasteiger partial charge is 0.481 e. The van der Waals surface area contributed by atoms with Crippen LogP contribution in [0.1, 0.15) is 44.1 Å². The van der Waals surface area contributed by atoms with Crippen LogP contribution >= 0.6 is 22.9 Å². The quantitative estimate of drug-likeness (QED) is 0.385. The maximum atomic E-state index is 13.4. The van der Waals surface area contributed by atoms with Gasteiger partial charge in [-0.05, 0) is 36.1 Å². The molecule has 198 valence electrons. The Hall–Kier alpha value is -3.30. The van der Waals surface area contributed by atoms with Crippen LogP contribution in [0.25, 0.3) is 22.4 Å². The molecule has 1 saturated carbocycles. The van der Waals surface area contributed by atoms with Gasteiger partial charge in [0.2, 0.25) is 11.8 Å². The number of hydrogen-bond donors (Lipinski definition) is 1. The van der Waals surface area contributed by atoms with Crippen molar-refractivity contribution in [1.29, 1.82) is 0 Å². The summed E-state index contributed by atoms with van der Waals surface area (Å²) in [6.45, 7) is 0. The molecule has 5 rings (SSSR count). The molecule has 3 aromatic rings. The Bertz CT molecular complexity index is 1400. The highest BCUT2D eigenvalue weighted by Crippen LogP contribution is 2.39. The van der Waals surface area contributed by atoms with E-state index in [4.69, 9.17) is 16.6 Å². The second-order valence-electron chi connectivity index (χ2n) is 10.1. The maximum absolute atomic E-state index is 13.4. The molecule has 1 fully saturated rings. The standard InChI is InChI=1S/C28H29ClN4O4S/c1-32-24(34)11-17-10-19(14-30-26(17)32)21-8-7-20(29)13-22(21)23-15-38-28(31-23)33(2)27(37)18(12-25(35)36)9-16-5-3-4-6-16/h7-8,10,13-16,18H,3-6,9,11-12H2,1-2H3,(H,35,36). The van der Waals surface area contributed by atoms with E-state index in [1.165, 1.54) is 16.2 Å². The van der Waals surface area contributed by atoms with Crippen LogP contribution in [-0.2, 0) is 20.8 Å². The van der Waals surface area contributed by atoms with Crippen molar-refractivity contribution in [3.8, 4) is 22.4 Å². The number of nitrogens with zero attached hydrogens (tertiary/aromatic N) is 4. The number of amides is 2. The van der Waals surface area contributed by atoms with Gasteiger partial charge < -0.3 is 5.11 Å². The summed E-state index contributed by atoms with van der Waals surface area (Å²) in [4.78, 5) is 49.4.